The maximum atomic E-state index is 9.32. The normalized spacial score (nSPS) is 28.5. The van der Waals surface area contributed by atoms with Gasteiger partial charge >= 0.3 is 0 Å². The van der Waals surface area contributed by atoms with Crippen molar-refractivity contribution < 1.29 is 5.11 Å². The van der Waals surface area contributed by atoms with Crippen molar-refractivity contribution in [1.29, 1.82) is 0 Å². The third kappa shape index (κ3) is 24.7. The molecule has 0 aromatic carbocycles. The van der Waals surface area contributed by atoms with Crippen molar-refractivity contribution in [1.82, 2.24) is 34.3 Å². The SMILES string of the molecule is CC(C)CC1(C)CCN(C(C)C)C1.CC(C)CC1CN(C(C)C)CC1CO.CC(C)CC1CN(C(C)C)CC1N.CC(C)CC1CN(C(C)C)CC1N(C)C.CC(C)N1CCN(C(C)C)CC1. The van der Waals surface area contributed by atoms with Crippen molar-refractivity contribution in [3.63, 3.8) is 0 Å². The number of nitrogens with two attached hydrogens (primary N) is 1. The Balaban J connectivity index is 0.000000420. The summed E-state index contributed by atoms with van der Waals surface area (Å²) in [5.41, 5.74) is 6.71. The number of rotatable bonds is 16. The molecule has 3 N–H and O–H groups in total. The second-order valence-corrected chi connectivity index (χ2v) is 26.4. The van der Waals surface area contributed by atoms with Crippen LogP contribution in [0.25, 0.3) is 0 Å². The molecule has 5 aliphatic heterocycles. The van der Waals surface area contributed by atoms with Crippen molar-refractivity contribution in [2.45, 2.75) is 226 Å². The zero-order valence-electron chi connectivity index (χ0n) is 49.6. The van der Waals surface area contributed by atoms with Crippen molar-refractivity contribution in [2.75, 3.05) is 99.2 Å². The molecule has 5 aliphatic rings. The molecular formula is C58H124N8O. The molecule has 0 radical (unpaired) electrons. The average molecular weight is 950 g/mol. The highest BCUT2D eigenvalue weighted by molar-refractivity contribution is 4.92. The quantitative estimate of drug-likeness (QED) is 0.157. The van der Waals surface area contributed by atoms with Crippen LogP contribution in [0.3, 0.4) is 0 Å². The molecular weight excluding hydrogens is 825 g/mol. The summed E-state index contributed by atoms with van der Waals surface area (Å²) in [5, 5.41) is 9.32. The van der Waals surface area contributed by atoms with E-state index in [1.165, 1.54) is 97.6 Å². The zero-order chi connectivity index (χ0) is 51.5. The maximum Gasteiger partial charge on any atom is 0.0474 e. The van der Waals surface area contributed by atoms with Gasteiger partial charge < -0.3 is 25.5 Å². The van der Waals surface area contributed by atoms with Crippen molar-refractivity contribution in [2.24, 2.45) is 58.5 Å². The van der Waals surface area contributed by atoms with Gasteiger partial charge in [-0.1, -0.05) is 62.3 Å². The number of aliphatic hydroxyl groups is 1. The first kappa shape index (κ1) is 64.7. The predicted octanol–water partition coefficient (Wildman–Crippen LogP) is 10.6. The molecule has 9 nitrogen and oxygen atoms in total. The molecule has 0 aromatic rings. The second kappa shape index (κ2) is 32.0. The summed E-state index contributed by atoms with van der Waals surface area (Å²) in [6, 6.07) is 5.32. The van der Waals surface area contributed by atoms with Crippen LogP contribution in [0.4, 0.5) is 0 Å². The molecule has 402 valence electrons. The van der Waals surface area contributed by atoms with Gasteiger partial charge in [0.1, 0.15) is 0 Å². The van der Waals surface area contributed by atoms with Crippen LogP contribution in [0.5, 0.6) is 0 Å². The smallest absolute Gasteiger partial charge is 0.0474 e. The third-order valence-corrected chi connectivity index (χ3v) is 16.0. The lowest BCUT2D eigenvalue weighted by molar-refractivity contribution is 0.0887. The van der Waals surface area contributed by atoms with E-state index in [1.54, 1.807) is 0 Å². The van der Waals surface area contributed by atoms with Gasteiger partial charge in [0, 0.05) is 127 Å². The predicted molar refractivity (Wildman–Crippen MR) is 297 cm³/mol. The summed E-state index contributed by atoms with van der Waals surface area (Å²) in [4.78, 5) is 17.7. The van der Waals surface area contributed by atoms with E-state index in [4.69, 9.17) is 5.73 Å². The Morgan fingerprint density at radius 1 is 0.448 bits per heavy atom. The number of aliphatic hydroxyl groups excluding tert-OH is 1. The minimum absolute atomic E-state index is 0.362. The Morgan fingerprint density at radius 2 is 0.806 bits per heavy atom. The fourth-order valence-electron chi connectivity index (χ4n) is 11.8. The molecule has 0 bridgehead atoms. The summed E-state index contributed by atoms with van der Waals surface area (Å²) in [5.74, 6) is 6.01. The van der Waals surface area contributed by atoms with Gasteiger partial charge in [-0.3, -0.25) is 19.6 Å². The van der Waals surface area contributed by atoms with Crippen LogP contribution in [-0.2, 0) is 0 Å². The Kier molecular flexibility index (Phi) is 30.8. The van der Waals surface area contributed by atoms with E-state index in [1.807, 2.05) is 0 Å². The summed E-state index contributed by atoms with van der Waals surface area (Å²) >= 11 is 0. The Labute approximate surface area is 421 Å². The van der Waals surface area contributed by atoms with Gasteiger partial charge in [-0.05, 0) is 189 Å². The van der Waals surface area contributed by atoms with Crippen LogP contribution in [0, 0.1) is 52.8 Å². The number of likely N-dealkylation sites (N-methyl/N-ethyl adjacent to an activating group) is 1. The van der Waals surface area contributed by atoms with Crippen molar-refractivity contribution in [3.8, 4) is 0 Å². The molecule has 0 aromatic heterocycles. The molecule has 0 saturated carbocycles. The molecule has 67 heavy (non-hydrogen) atoms. The highest BCUT2D eigenvalue weighted by atomic mass is 16.3. The first-order valence-corrected chi connectivity index (χ1v) is 28.5. The fraction of sp³-hybridized carbons (Fsp3) is 1.00. The summed E-state index contributed by atoms with van der Waals surface area (Å²) in [6.07, 6.45) is 6.68. The molecule has 5 saturated heterocycles. The van der Waals surface area contributed by atoms with Crippen LogP contribution in [0.1, 0.15) is 178 Å². The number of likely N-dealkylation sites (tertiary alicyclic amines) is 4. The Bertz CT molecular complexity index is 1210. The minimum atomic E-state index is 0.362. The van der Waals surface area contributed by atoms with Crippen LogP contribution in [0.2, 0.25) is 0 Å². The third-order valence-electron chi connectivity index (χ3n) is 16.0. The minimum Gasteiger partial charge on any atom is -0.396 e. The van der Waals surface area contributed by atoms with Crippen LogP contribution in [-0.4, -0.2) is 187 Å². The lowest BCUT2D eigenvalue weighted by atomic mass is 9.81. The Hall–Kier alpha value is -0.360. The Morgan fingerprint density at radius 3 is 1.16 bits per heavy atom. The van der Waals surface area contributed by atoms with Gasteiger partial charge in [0.2, 0.25) is 0 Å². The number of nitrogens with zero attached hydrogens (tertiary/aromatic N) is 7. The molecule has 5 fully saturated rings. The monoisotopic (exact) mass is 949 g/mol. The molecule has 7 unspecified atom stereocenters. The molecule has 5 rings (SSSR count). The van der Waals surface area contributed by atoms with E-state index in [0.717, 1.165) is 72.8 Å². The molecule has 0 aliphatic carbocycles. The highest BCUT2D eigenvalue weighted by Gasteiger charge is 2.37. The van der Waals surface area contributed by atoms with E-state index in [-0.39, 0.29) is 0 Å². The molecule has 9 heteroatoms. The summed E-state index contributed by atoms with van der Waals surface area (Å²) < 4.78 is 0. The lowest BCUT2D eigenvalue weighted by Crippen LogP contribution is -2.50. The fourth-order valence-corrected chi connectivity index (χ4v) is 11.8. The van der Waals surface area contributed by atoms with Crippen LogP contribution in [0.15, 0.2) is 0 Å². The van der Waals surface area contributed by atoms with Crippen molar-refractivity contribution >= 4 is 0 Å². The summed E-state index contributed by atoms with van der Waals surface area (Å²) in [7, 11) is 4.45. The molecule has 5 heterocycles. The molecule has 0 amide bonds. The molecule has 0 spiro atoms. The van der Waals surface area contributed by atoms with E-state index < -0.39 is 0 Å². The topological polar surface area (TPSA) is 68.9 Å². The zero-order valence-corrected chi connectivity index (χ0v) is 49.6. The molecule has 7 atom stereocenters. The largest absolute Gasteiger partial charge is 0.396 e. The van der Waals surface area contributed by atoms with E-state index >= 15 is 0 Å². The van der Waals surface area contributed by atoms with Gasteiger partial charge in [0.15, 0.2) is 0 Å². The average Bonchev–Trinajstić information content (AvgIpc) is 4.01. The maximum absolute atomic E-state index is 9.32. The number of hydrogen-bond donors (Lipinski definition) is 2. The van der Waals surface area contributed by atoms with Gasteiger partial charge in [-0.2, -0.15) is 0 Å². The first-order valence-electron chi connectivity index (χ1n) is 28.5. The van der Waals surface area contributed by atoms with Crippen LogP contribution >= 0.6 is 0 Å². The standard InChI is InChI=1S/C13H28N2.C12H25NO.C12H25N.C11H24N2.C10H22N2/c1-10(2)7-12-8-15(11(3)4)9-13(12)14(5)6;1-9(2)5-11-6-13(10(3)4)7-12(11)8-14;1-10(2)8-12(5)6-7-13(9-12)11(3)4;1-8(2)5-10-6-13(9(3)4)7-11(10)12;1-9(2)11-5-7-12(8-6-11)10(3)4/h10-13H,7-9H2,1-6H3;9-12,14H,5-8H2,1-4H3;10-11H,6-9H2,1-5H3;8-11H,5-7,12H2,1-4H3;9-10H,5-8H2,1-4H3. The lowest BCUT2D eigenvalue weighted by Gasteiger charge is -2.38. The van der Waals surface area contributed by atoms with Gasteiger partial charge in [0.05, 0.1) is 0 Å². The number of piperazine rings is 1. The van der Waals surface area contributed by atoms with E-state index in [2.05, 4.69) is 194 Å². The highest BCUT2D eigenvalue weighted by Crippen LogP contribution is 2.37. The van der Waals surface area contributed by atoms with Crippen molar-refractivity contribution in [3.05, 3.63) is 0 Å². The summed E-state index contributed by atoms with van der Waals surface area (Å²) in [6.45, 7) is 63.3. The first-order chi connectivity index (χ1) is 31.0. The van der Waals surface area contributed by atoms with Gasteiger partial charge in [-0.15, -0.1) is 0 Å². The van der Waals surface area contributed by atoms with E-state index in [0.29, 0.717) is 48.0 Å². The number of hydrogen-bond acceptors (Lipinski definition) is 9. The van der Waals surface area contributed by atoms with E-state index in [9.17, 15) is 5.11 Å². The van der Waals surface area contributed by atoms with Gasteiger partial charge in [-0.25, -0.2) is 0 Å². The van der Waals surface area contributed by atoms with Gasteiger partial charge in [0.25, 0.3) is 0 Å². The second-order valence-electron chi connectivity index (χ2n) is 26.4. The van der Waals surface area contributed by atoms with Crippen LogP contribution < -0.4 is 5.73 Å².